The number of carboxylic acids is 1. The average molecular weight is 408 g/mol. The van der Waals surface area contributed by atoms with Crippen LogP contribution in [0.5, 0.6) is 5.75 Å². The number of aromatic carboxylic acids is 1. The van der Waals surface area contributed by atoms with Gasteiger partial charge in [-0.2, -0.15) is 0 Å². The summed E-state index contributed by atoms with van der Waals surface area (Å²) in [5, 5.41) is 20.5. The van der Waals surface area contributed by atoms with Gasteiger partial charge in [0.25, 0.3) is 0 Å². The Kier molecular flexibility index (Phi) is 5.59. The van der Waals surface area contributed by atoms with Crippen LogP contribution in [0.4, 0.5) is 0 Å². The highest BCUT2D eigenvalue weighted by Gasteiger charge is 2.23. The van der Waals surface area contributed by atoms with Gasteiger partial charge in [0.1, 0.15) is 11.3 Å². The smallest absolute Gasteiger partial charge is 0.339 e. The Morgan fingerprint density at radius 1 is 0.710 bits per heavy atom. The first-order chi connectivity index (χ1) is 14.9. The highest BCUT2D eigenvalue weighted by molar-refractivity contribution is 5.94. The summed E-state index contributed by atoms with van der Waals surface area (Å²) in [7, 11) is 0. The van der Waals surface area contributed by atoms with Crippen LogP contribution in [0, 0.1) is 13.8 Å². The lowest BCUT2D eigenvalue weighted by Crippen LogP contribution is -2.07. The van der Waals surface area contributed by atoms with Gasteiger partial charge in [-0.15, -0.1) is 0 Å². The van der Waals surface area contributed by atoms with E-state index in [0.29, 0.717) is 5.56 Å². The predicted molar refractivity (Wildman–Crippen MR) is 124 cm³/mol. The van der Waals surface area contributed by atoms with Crippen LogP contribution in [0.25, 0.3) is 11.1 Å². The summed E-state index contributed by atoms with van der Waals surface area (Å²) in [6, 6.07) is 29.4. The number of carbonyl (C=O) groups is 1. The number of benzene rings is 4. The van der Waals surface area contributed by atoms with Gasteiger partial charge in [-0.1, -0.05) is 90.0 Å². The first kappa shape index (κ1) is 20.4. The lowest BCUT2D eigenvalue weighted by atomic mass is 9.82. The van der Waals surface area contributed by atoms with Crippen LogP contribution in [0.15, 0.2) is 91.0 Å². The van der Waals surface area contributed by atoms with E-state index in [-0.39, 0.29) is 17.2 Å². The van der Waals surface area contributed by atoms with E-state index in [4.69, 9.17) is 0 Å². The minimum Gasteiger partial charge on any atom is -0.506 e. The van der Waals surface area contributed by atoms with E-state index in [1.165, 1.54) is 0 Å². The summed E-state index contributed by atoms with van der Waals surface area (Å²) in [6.07, 6.45) is 0. The molecular weight excluding hydrogens is 384 g/mol. The van der Waals surface area contributed by atoms with Crippen molar-refractivity contribution in [3.05, 3.63) is 124 Å². The molecule has 0 amide bonds. The van der Waals surface area contributed by atoms with E-state index in [1.807, 2.05) is 50.2 Å². The maximum absolute atomic E-state index is 12.0. The summed E-state index contributed by atoms with van der Waals surface area (Å²) >= 11 is 0. The topological polar surface area (TPSA) is 57.5 Å². The molecule has 0 heterocycles. The van der Waals surface area contributed by atoms with Crippen molar-refractivity contribution >= 4 is 5.97 Å². The van der Waals surface area contributed by atoms with Crippen molar-refractivity contribution in [1.29, 1.82) is 0 Å². The zero-order valence-electron chi connectivity index (χ0n) is 17.5. The predicted octanol–water partition coefficient (Wildman–Crippen LogP) is 6.55. The first-order valence-corrected chi connectivity index (χ1v) is 10.2. The number of carboxylic acid groups (broad SMARTS) is 1. The molecule has 4 aromatic rings. The van der Waals surface area contributed by atoms with Crippen molar-refractivity contribution in [1.82, 2.24) is 0 Å². The van der Waals surface area contributed by atoms with Crippen LogP contribution < -0.4 is 0 Å². The maximum atomic E-state index is 12.0. The van der Waals surface area contributed by atoms with Gasteiger partial charge in [-0.05, 0) is 48.2 Å². The lowest BCUT2D eigenvalue weighted by molar-refractivity contribution is 0.0693. The van der Waals surface area contributed by atoms with E-state index in [2.05, 4.69) is 48.5 Å². The number of hydrogen-bond donors (Lipinski definition) is 2. The van der Waals surface area contributed by atoms with Crippen LogP contribution in [-0.4, -0.2) is 16.2 Å². The molecule has 0 aromatic heterocycles. The van der Waals surface area contributed by atoms with E-state index in [0.717, 1.165) is 33.4 Å². The fourth-order valence-corrected chi connectivity index (χ4v) is 3.92. The average Bonchev–Trinajstić information content (AvgIpc) is 2.78. The maximum Gasteiger partial charge on any atom is 0.339 e. The fraction of sp³-hybridized carbons (Fsp3) is 0.107. The van der Waals surface area contributed by atoms with Crippen molar-refractivity contribution in [2.75, 3.05) is 0 Å². The summed E-state index contributed by atoms with van der Waals surface area (Å²) in [5.41, 5.74) is 6.46. The Hall–Kier alpha value is -3.85. The van der Waals surface area contributed by atoms with E-state index >= 15 is 0 Å². The van der Waals surface area contributed by atoms with Crippen molar-refractivity contribution in [2.24, 2.45) is 0 Å². The number of rotatable bonds is 5. The normalized spacial score (nSPS) is 10.9. The van der Waals surface area contributed by atoms with E-state index in [9.17, 15) is 15.0 Å². The SMILES string of the molecule is Cc1ccc(C(c2ccc(C)cc2)c2cc(C(=O)O)c(O)c(-c3ccccc3)c2)cc1. The molecule has 0 aliphatic heterocycles. The standard InChI is InChI=1S/C28H24O3/c1-18-8-12-21(13-9-18)26(22-14-10-19(2)11-15-22)23-16-24(20-6-4-3-5-7-20)27(29)25(17-23)28(30)31/h3-17,26,29H,1-2H3,(H,30,31). The Morgan fingerprint density at radius 2 is 1.23 bits per heavy atom. The second-order valence-electron chi connectivity index (χ2n) is 7.89. The molecule has 154 valence electrons. The van der Waals surface area contributed by atoms with Crippen LogP contribution in [0.3, 0.4) is 0 Å². The van der Waals surface area contributed by atoms with E-state index < -0.39 is 5.97 Å². The fourth-order valence-electron chi connectivity index (χ4n) is 3.92. The number of aromatic hydroxyl groups is 1. The van der Waals surface area contributed by atoms with Gasteiger partial charge < -0.3 is 10.2 Å². The second kappa shape index (κ2) is 8.49. The molecule has 4 aromatic carbocycles. The van der Waals surface area contributed by atoms with Gasteiger partial charge in [-0.3, -0.25) is 0 Å². The molecule has 0 fully saturated rings. The summed E-state index contributed by atoms with van der Waals surface area (Å²) in [4.78, 5) is 12.0. The van der Waals surface area contributed by atoms with Crippen LogP contribution in [-0.2, 0) is 0 Å². The summed E-state index contributed by atoms with van der Waals surface area (Å²) in [6.45, 7) is 4.09. The third-order valence-corrected chi connectivity index (χ3v) is 5.60. The first-order valence-electron chi connectivity index (χ1n) is 10.2. The molecule has 3 nitrogen and oxygen atoms in total. The third kappa shape index (κ3) is 4.22. The van der Waals surface area contributed by atoms with Gasteiger partial charge in [0, 0.05) is 11.5 Å². The van der Waals surface area contributed by atoms with Crippen molar-refractivity contribution in [2.45, 2.75) is 19.8 Å². The van der Waals surface area contributed by atoms with Gasteiger partial charge in [0.2, 0.25) is 0 Å². The van der Waals surface area contributed by atoms with Crippen LogP contribution in [0.1, 0.15) is 44.1 Å². The summed E-state index contributed by atoms with van der Waals surface area (Å²) in [5.74, 6) is -1.53. The lowest BCUT2D eigenvalue weighted by Gasteiger charge is -2.22. The molecule has 0 saturated carbocycles. The highest BCUT2D eigenvalue weighted by atomic mass is 16.4. The Balaban J connectivity index is 1.98. The van der Waals surface area contributed by atoms with Crippen LogP contribution in [0.2, 0.25) is 0 Å². The molecule has 0 spiro atoms. The molecule has 0 aliphatic rings. The third-order valence-electron chi connectivity index (χ3n) is 5.60. The molecule has 0 radical (unpaired) electrons. The van der Waals surface area contributed by atoms with Crippen LogP contribution >= 0.6 is 0 Å². The number of phenols is 1. The summed E-state index contributed by atoms with van der Waals surface area (Å²) < 4.78 is 0. The zero-order valence-corrected chi connectivity index (χ0v) is 17.5. The Morgan fingerprint density at radius 3 is 1.71 bits per heavy atom. The molecule has 0 aliphatic carbocycles. The van der Waals surface area contributed by atoms with Gasteiger partial charge >= 0.3 is 5.97 Å². The highest BCUT2D eigenvalue weighted by Crippen LogP contribution is 2.40. The molecule has 4 rings (SSSR count). The molecule has 0 unspecified atom stereocenters. The molecule has 0 saturated heterocycles. The Labute approximate surface area is 182 Å². The van der Waals surface area contributed by atoms with Crippen molar-refractivity contribution in [3.63, 3.8) is 0 Å². The second-order valence-corrected chi connectivity index (χ2v) is 7.89. The molecule has 31 heavy (non-hydrogen) atoms. The van der Waals surface area contributed by atoms with Crippen molar-refractivity contribution in [3.8, 4) is 16.9 Å². The molecule has 2 N–H and O–H groups in total. The zero-order chi connectivity index (χ0) is 22.0. The molecule has 3 heteroatoms. The van der Waals surface area contributed by atoms with Gasteiger partial charge in [0.05, 0.1) is 0 Å². The van der Waals surface area contributed by atoms with Gasteiger partial charge in [0.15, 0.2) is 0 Å². The number of hydrogen-bond acceptors (Lipinski definition) is 2. The largest absolute Gasteiger partial charge is 0.506 e. The molecule has 0 atom stereocenters. The minimum atomic E-state index is -1.15. The monoisotopic (exact) mass is 408 g/mol. The minimum absolute atomic E-state index is 0.0967. The quantitative estimate of drug-likeness (QED) is 0.368. The molecular formula is C28H24O3. The van der Waals surface area contributed by atoms with E-state index in [1.54, 1.807) is 6.07 Å². The Bertz CT molecular complexity index is 1160. The number of aryl methyl sites for hydroxylation is 2. The van der Waals surface area contributed by atoms with Crippen molar-refractivity contribution < 1.29 is 15.0 Å². The van der Waals surface area contributed by atoms with Gasteiger partial charge in [-0.25, -0.2) is 4.79 Å². The molecule has 0 bridgehead atoms.